The molecule has 1 aromatic heterocycles. The highest BCUT2D eigenvalue weighted by molar-refractivity contribution is 7.89. The van der Waals surface area contributed by atoms with Gasteiger partial charge in [-0.25, -0.2) is 13.4 Å². The second-order valence-electron chi connectivity index (χ2n) is 8.08. The SMILES string of the molecule is COc1ccc(S(=O)(=O)N2CCCCC2)cc1NC(=O)c1ccc(Cn2ccnc2C)cc1. The number of piperidine rings is 1. The third kappa shape index (κ3) is 5.09. The number of rotatable bonds is 7. The molecule has 3 aromatic rings. The van der Waals surface area contributed by atoms with Crippen LogP contribution >= 0.6 is 0 Å². The van der Waals surface area contributed by atoms with Gasteiger partial charge in [0, 0.05) is 37.6 Å². The van der Waals surface area contributed by atoms with E-state index in [0.717, 1.165) is 30.7 Å². The summed E-state index contributed by atoms with van der Waals surface area (Å²) in [6, 6.07) is 11.8. The highest BCUT2D eigenvalue weighted by atomic mass is 32.2. The molecule has 4 rings (SSSR count). The van der Waals surface area contributed by atoms with E-state index >= 15 is 0 Å². The predicted octanol–water partition coefficient (Wildman–Crippen LogP) is 3.68. The van der Waals surface area contributed by atoms with Crippen molar-refractivity contribution in [2.75, 3.05) is 25.5 Å². The molecule has 0 unspecified atom stereocenters. The van der Waals surface area contributed by atoms with Gasteiger partial charge in [0.15, 0.2) is 0 Å². The Morgan fingerprint density at radius 1 is 1.09 bits per heavy atom. The maximum Gasteiger partial charge on any atom is 0.255 e. The number of hydrogen-bond donors (Lipinski definition) is 1. The third-order valence-corrected chi connectivity index (χ3v) is 7.76. The molecule has 2 aromatic carbocycles. The molecule has 1 aliphatic heterocycles. The second kappa shape index (κ2) is 9.76. The number of nitrogens with zero attached hydrogens (tertiary/aromatic N) is 3. The van der Waals surface area contributed by atoms with Crippen LogP contribution < -0.4 is 10.1 Å². The largest absolute Gasteiger partial charge is 0.495 e. The van der Waals surface area contributed by atoms with Crippen LogP contribution in [0.3, 0.4) is 0 Å². The fourth-order valence-electron chi connectivity index (χ4n) is 3.92. The van der Waals surface area contributed by atoms with Crippen molar-refractivity contribution in [3.63, 3.8) is 0 Å². The van der Waals surface area contributed by atoms with E-state index in [1.54, 1.807) is 24.4 Å². The molecule has 0 radical (unpaired) electrons. The molecule has 1 fully saturated rings. The number of imidazole rings is 1. The van der Waals surface area contributed by atoms with Crippen LogP contribution in [0.4, 0.5) is 5.69 Å². The van der Waals surface area contributed by atoms with E-state index in [-0.39, 0.29) is 10.8 Å². The first-order chi connectivity index (χ1) is 15.9. The van der Waals surface area contributed by atoms with Gasteiger partial charge in [-0.05, 0) is 55.7 Å². The molecule has 33 heavy (non-hydrogen) atoms. The maximum absolute atomic E-state index is 13.1. The third-order valence-electron chi connectivity index (χ3n) is 5.86. The molecular formula is C24H28N4O4S. The second-order valence-corrected chi connectivity index (χ2v) is 10.0. The summed E-state index contributed by atoms with van der Waals surface area (Å²) in [5.74, 6) is 0.975. The zero-order chi connectivity index (χ0) is 23.4. The molecule has 1 saturated heterocycles. The number of amides is 1. The number of methoxy groups -OCH3 is 1. The Balaban J connectivity index is 1.52. The van der Waals surface area contributed by atoms with Gasteiger partial charge in [-0.3, -0.25) is 4.79 Å². The molecule has 9 heteroatoms. The van der Waals surface area contributed by atoms with E-state index in [0.29, 0.717) is 36.6 Å². The number of sulfonamides is 1. The monoisotopic (exact) mass is 468 g/mol. The number of anilines is 1. The minimum atomic E-state index is -3.63. The molecule has 8 nitrogen and oxygen atoms in total. The van der Waals surface area contributed by atoms with Crippen molar-refractivity contribution in [2.45, 2.75) is 37.6 Å². The molecule has 0 aliphatic carbocycles. The molecule has 0 spiro atoms. The van der Waals surface area contributed by atoms with Crippen LogP contribution in [0.1, 0.15) is 41.0 Å². The molecule has 1 amide bonds. The summed E-state index contributed by atoms with van der Waals surface area (Å²) in [6.07, 6.45) is 6.42. The zero-order valence-corrected chi connectivity index (χ0v) is 19.6. The van der Waals surface area contributed by atoms with Crippen LogP contribution in [-0.2, 0) is 16.6 Å². The average molecular weight is 469 g/mol. The number of nitrogens with one attached hydrogen (secondary N) is 1. The number of ether oxygens (including phenoxy) is 1. The van der Waals surface area contributed by atoms with Crippen molar-refractivity contribution in [1.29, 1.82) is 0 Å². The van der Waals surface area contributed by atoms with E-state index in [2.05, 4.69) is 10.3 Å². The Kier molecular flexibility index (Phi) is 6.80. The summed E-state index contributed by atoms with van der Waals surface area (Å²) >= 11 is 0. The predicted molar refractivity (Wildman–Crippen MR) is 126 cm³/mol. The molecule has 174 valence electrons. The van der Waals surface area contributed by atoms with Gasteiger partial charge in [-0.15, -0.1) is 0 Å². The van der Waals surface area contributed by atoms with Gasteiger partial charge in [0.1, 0.15) is 11.6 Å². The molecule has 2 heterocycles. The van der Waals surface area contributed by atoms with E-state index in [1.807, 2.05) is 29.8 Å². The van der Waals surface area contributed by atoms with Gasteiger partial charge in [-0.2, -0.15) is 4.31 Å². The van der Waals surface area contributed by atoms with Crippen LogP contribution in [0.5, 0.6) is 5.75 Å². The van der Waals surface area contributed by atoms with Crippen molar-refractivity contribution >= 4 is 21.6 Å². The number of carbonyl (C=O) groups excluding carboxylic acids is 1. The minimum Gasteiger partial charge on any atom is -0.495 e. The maximum atomic E-state index is 13.1. The number of aromatic nitrogens is 2. The van der Waals surface area contributed by atoms with Crippen molar-refractivity contribution in [1.82, 2.24) is 13.9 Å². The van der Waals surface area contributed by atoms with Gasteiger partial charge in [-0.1, -0.05) is 18.6 Å². The summed E-state index contributed by atoms with van der Waals surface area (Å²) in [5.41, 5.74) is 1.83. The summed E-state index contributed by atoms with van der Waals surface area (Å²) in [4.78, 5) is 17.2. The first-order valence-corrected chi connectivity index (χ1v) is 12.4. The molecule has 0 saturated carbocycles. The van der Waals surface area contributed by atoms with E-state index in [4.69, 9.17) is 4.74 Å². The van der Waals surface area contributed by atoms with E-state index in [1.165, 1.54) is 23.5 Å². The molecule has 1 aliphatic rings. The van der Waals surface area contributed by atoms with Gasteiger partial charge in [0.2, 0.25) is 10.0 Å². The van der Waals surface area contributed by atoms with Gasteiger partial charge in [0.05, 0.1) is 17.7 Å². The van der Waals surface area contributed by atoms with Crippen LogP contribution in [-0.4, -0.2) is 48.4 Å². The lowest BCUT2D eigenvalue weighted by Crippen LogP contribution is -2.35. The smallest absolute Gasteiger partial charge is 0.255 e. The lowest BCUT2D eigenvalue weighted by Gasteiger charge is -2.26. The Hall–Kier alpha value is -3.17. The van der Waals surface area contributed by atoms with E-state index in [9.17, 15) is 13.2 Å². The van der Waals surface area contributed by atoms with Crippen LogP contribution in [0.15, 0.2) is 59.8 Å². The van der Waals surface area contributed by atoms with Gasteiger partial charge in [0.25, 0.3) is 5.91 Å². The van der Waals surface area contributed by atoms with Crippen LogP contribution in [0.2, 0.25) is 0 Å². The fourth-order valence-corrected chi connectivity index (χ4v) is 5.47. The van der Waals surface area contributed by atoms with Crippen molar-refractivity contribution in [3.05, 3.63) is 71.8 Å². The highest BCUT2D eigenvalue weighted by Crippen LogP contribution is 2.30. The number of aryl methyl sites for hydroxylation is 1. The molecule has 0 atom stereocenters. The van der Waals surface area contributed by atoms with Crippen molar-refractivity contribution < 1.29 is 17.9 Å². The normalized spacial score (nSPS) is 14.7. The Labute approximate surface area is 194 Å². The standard InChI is InChI=1S/C24H28N4O4S/c1-18-25-12-15-27(18)17-19-6-8-20(9-7-19)24(29)26-22-16-21(10-11-23(22)32-2)33(30,31)28-13-4-3-5-14-28/h6-12,15-16H,3-5,13-14,17H2,1-2H3,(H,26,29). The number of benzene rings is 2. The van der Waals surface area contributed by atoms with Crippen molar-refractivity contribution in [3.8, 4) is 5.75 Å². The lowest BCUT2D eigenvalue weighted by molar-refractivity contribution is 0.102. The Morgan fingerprint density at radius 3 is 2.45 bits per heavy atom. The fraction of sp³-hybridized carbons (Fsp3) is 0.333. The van der Waals surface area contributed by atoms with Crippen molar-refractivity contribution in [2.24, 2.45) is 0 Å². The highest BCUT2D eigenvalue weighted by Gasteiger charge is 2.27. The number of carbonyl (C=O) groups is 1. The Morgan fingerprint density at radius 2 is 1.82 bits per heavy atom. The average Bonchev–Trinajstić information content (AvgIpc) is 3.24. The molecule has 0 bridgehead atoms. The van der Waals surface area contributed by atoms with Crippen LogP contribution in [0, 0.1) is 6.92 Å². The summed E-state index contributed by atoms with van der Waals surface area (Å²) < 4.78 is 35.0. The first kappa shape index (κ1) is 23.0. The zero-order valence-electron chi connectivity index (χ0n) is 18.8. The number of hydrogen-bond acceptors (Lipinski definition) is 5. The topological polar surface area (TPSA) is 93.5 Å². The first-order valence-electron chi connectivity index (χ1n) is 10.9. The summed E-state index contributed by atoms with van der Waals surface area (Å²) in [5, 5.41) is 2.81. The van der Waals surface area contributed by atoms with Gasteiger partial charge < -0.3 is 14.6 Å². The minimum absolute atomic E-state index is 0.145. The molecule has 1 N–H and O–H groups in total. The van der Waals surface area contributed by atoms with E-state index < -0.39 is 10.0 Å². The van der Waals surface area contributed by atoms with Crippen LogP contribution in [0.25, 0.3) is 0 Å². The summed E-state index contributed by atoms with van der Waals surface area (Å²) in [6.45, 7) is 3.63. The summed E-state index contributed by atoms with van der Waals surface area (Å²) in [7, 11) is -2.14. The molecular weight excluding hydrogens is 440 g/mol. The lowest BCUT2D eigenvalue weighted by atomic mass is 10.1. The quantitative estimate of drug-likeness (QED) is 0.571. The van der Waals surface area contributed by atoms with Gasteiger partial charge >= 0.3 is 0 Å². The Bertz CT molecular complexity index is 1230.